The topological polar surface area (TPSA) is 45.6 Å². The summed E-state index contributed by atoms with van der Waals surface area (Å²) < 4.78 is 0.881. The van der Waals surface area contributed by atoms with Gasteiger partial charge in [-0.2, -0.15) is 5.10 Å². The van der Waals surface area contributed by atoms with Gasteiger partial charge in [-0.1, -0.05) is 11.6 Å². The van der Waals surface area contributed by atoms with E-state index in [1.165, 1.54) is 0 Å². The maximum atomic E-state index is 10.9. The van der Waals surface area contributed by atoms with Gasteiger partial charge in [0.15, 0.2) is 5.82 Å². The number of hydrogen-bond acceptors (Lipinski definition) is 4. The van der Waals surface area contributed by atoms with E-state index in [-0.39, 0.29) is 6.04 Å². The highest BCUT2D eigenvalue weighted by atomic mass is 127. The molecule has 0 radical (unpaired) electrons. The van der Waals surface area contributed by atoms with Gasteiger partial charge in [0.1, 0.15) is 16.0 Å². The van der Waals surface area contributed by atoms with Gasteiger partial charge < -0.3 is 4.79 Å². The fourth-order valence-electron chi connectivity index (χ4n) is 1.35. The quantitative estimate of drug-likeness (QED) is 0.615. The molecule has 0 amide bonds. The van der Waals surface area contributed by atoms with E-state index in [2.05, 4.69) is 32.7 Å². The van der Waals surface area contributed by atoms with Crippen molar-refractivity contribution in [2.45, 2.75) is 12.5 Å². The van der Waals surface area contributed by atoms with Gasteiger partial charge in [0.2, 0.25) is 0 Å². The Morgan fingerprint density at radius 2 is 2.47 bits per heavy atom. The van der Waals surface area contributed by atoms with E-state index in [9.17, 15) is 4.79 Å². The average Bonchev–Trinajstić information content (AvgIpc) is 2.60. The molecule has 0 N–H and O–H groups in total. The molecule has 1 atom stereocenters. The number of halogens is 2. The second kappa shape index (κ2) is 4.44. The zero-order valence-electron chi connectivity index (χ0n) is 7.60. The van der Waals surface area contributed by atoms with Gasteiger partial charge in [-0.3, -0.25) is 0 Å². The minimum atomic E-state index is -0.288. The number of hydrogen-bond donors (Lipinski definition) is 0. The lowest BCUT2D eigenvalue weighted by Crippen LogP contribution is -2.28. The summed E-state index contributed by atoms with van der Waals surface area (Å²) in [4.78, 5) is 15.0. The van der Waals surface area contributed by atoms with Crippen molar-refractivity contribution >= 4 is 50.0 Å². The number of aromatic nitrogens is 1. The van der Waals surface area contributed by atoms with Crippen LogP contribution in [0.1, 0.15) is 6.42 Å². The Morgan fingerprint density at radius 3 is 3.13 bits per heavy atom. The molecular formula is C9H7ClIN3O. The van der Waals surface area contributed by atoms with Crippen LogP contribution in [0.15, 0.2) is 23.4 Å². The van der Waals surface area contributed by atoms with Crippen LogP contribution in [-0.4, -0.2) is 21.0 Å². The van der Waals surface area contributed by atoms with Crippen molar-refractivity contribution < 1.29 is 4.79 Å². The summed E-state index contributed by atoms with van der Waals surface area (Å²) in [5, 5.41) is 6.30. The van der Waals surface area contributed by atoms with Gasteiger partial charge in [-0.15, -0.1) is 0 Å². The largest absolute Gasteiger partial charge is 0.301 e. The van der Waals surface area contributed by atoms with Gasteiger partial charge in [-0.05, 0) is 34.7 Å². The summed E-state index contributed by atoms with van der Waals surface area (Å²) in [5.74, 6) is 0.530. The standard InChI is InChI=1S/C9H7ClIN3O/c10-7-2-1-3-12-9(7)14-6(5-15)4-8(11)13-14/h1-3,5-6H,4H2. The van der Waals surface area contributed by atoms with E-state index in [1.54, 1.807) is 23.3 Å². The molecule has 6 heteroatoms. The average molecular weight is 336 g/mol. The zero-order valence-corrected chi connectivity index (χ0v) is 10.5. The number of carbonyl (C=O) groups is 1. The smallest absolute Gasteiger partial charge is 0.168 e. The van der Waals surface area contributed by atoms with Gasteiger partial charge in [0.25, 0.3) is 0 Å². The highest BCUT2D eigenvalue weighted by Crippen LogP contribution is 2.29. The molecule has 15 heavy (non-hydrogen) atoms. The van der Waals surface area contributed by atoms with Crippen LogP contribution in [0.2, 0.25) is 5.02 Å². The lowest BCUT2D eigenvalue weighted by atomic mass is 10.2. The summed E-state index contributed by atoms with van der Waals surface area (Å²) >= 11 is 8.09. The third-order valence-electron chi connectivity index (χ3n) is 2.02. The molecule has 78 valence electrons. The molecule has 1 aliphatic rings. The van der Waals surface area contributed by atoms with E-state index in [0.29, 0.717) is 17.3 Å². The highest BCUT2D eigenvalue weighted by molar-refractivity contribution is 14.1. The summed E-state index contributed by atoms with van der Waals surface area (Å²) in [5.41, 5.74) is 0. The van der Waals surface area contributed by atoms with E-state index >= 15 is 0 Å². The molecule has 0 saturated carbocycles. The summed E-state index contributed by atoms with van der Waals surface area (Å²) in [6, 6.07) is 3.18. The maximum absolute atomic E-state index is 10.9. The predicted molar refractivity (Wildman–Crippen MR) is 67.7 cm³/mol. The fourth-order valence-corrected chi connectivity index (χ4v) is 2.24. The molecule has 1 aromatic heterocycles. The predicted octanol–water partition coefficient (Wildman–Crippen LogP) is 2.26. The van der Waals surface area contributed by atoms with Gasteiger partial charge in [0, 0.05) is 12.6 Å². The normalized spacial score (nSPS) is 20.3. The number of anilines is 1. The Morgan fingerprint density at radius 1 is 1.67 bits per heavy atom. The molecule has 0 fully saturated rings. The Kier molecular flexibility index (Phi) is 3.20. The number of nitrogens with zero attached hydrogens (tertiary/aromatic N) is 3. The van der Waals surface area contributed by atoms with Crippen LogP contribution in [0, 0.1) is 0 Å². The van der Waals surface area contributed by atoms with Gasteiger partial charge in [0.05, 0.1) is 5.02 Å². The van der Waals surface area contributed by atoms with Crippen molar-refractivity contribution in [1.82, 2.24) is 4.98 Å². The Bertz CT molecular complexity index is 424. The second-order valence-electron chi connectivity index (χ2n) is 3.04. The van der Waals surface area contributed by atoms with Crippen LogP contribution >= 0.6 is 34.2 Å². The molecular weight excluding hydrogens is 328 g/mol. The van der Waals surface area contributed by atoms with E-state index in [1.807, 2.05) is 0 Å². The Balaban J connectivity index is 2.38. The minimum absolute atomic E-state index is 0.288. The lowest BCUT2D eigenvalue weighted by molar-refractivity contribution is -0.108. The SMILES string of the molecule is O=CC1CC(I)=NN1c1ncccc1Cl. The molecule has 1 unspecified atom stereocenters. The van der Waals surface area contributed by atoms with Crippen molar-refractivity contribution in [2.24, 2.45) is 5.10 Å². The Hall–Kier alpha value is -0.690. The van der Waals surface area contributed by atoms with Crippen molar-refractivity contribution in [2.75, 3.05) is 5.01 Å². The molecule has 0 aliphatic carbocycles. The third-order valence-corrected chi connectivity index (χ3v) is 2.97. The second-order valence-corrected chi connectivity index (χ2v) is 4.69. The molecule has 0 saturated heterocycles. The molecule has 0 aromatic carbocycles. The minimum Gasteiger partial charge on any atom is -0.301 e. The molecule has 2 heterocycles. The van der Waals surface area contributed by atoms with Crippen LogP contribution in [0.25, 0.3) is 0 Å². The van der Waals surface area contributed by atoms with E-state index in [4.69, 9.17) is 11.6 Å². The van der Waals surface area contributed by atoms with Crippen molar-refractivity contribution in [3.8, 4) is 0 Å². The zero-order chi connectivity index (χ0) is 10.8. The van der Waals surface area contributed by atoms with Crippen molar-refractivity contribution in [1.29, 1.82) is 0 Å². The summed E-state index contributed by atoms with van der Waals surface area (Å²) in [6.07, 6.45) is 3.11. The highest BCUT2D eigenvalue weighted by Gasteiger charge is 2.28. The molecule has 1 aromatic rings. The van der Waals surface area contributed by atoms with Crippen molar-refractivity contribution in [3.63, 3.8) is 0 Å². The first-order valence-corrected chi connectivity index (χ1v) is 5.76. The fraction of sp³-hybridized carbons (Fsp3) is 0.222. The number of hydrazone groups is 1. The molecule has 1 aliphatic heterocycles. The van der Waals surface area contributed by atoms with Crippen LogP contribution in [-0.2, 0) is 4.79 Å². The number of aldehydes is 1. The van der Waals surface area contributed by atoms with Crippen LogP contribution in [0.3, 0.4) is 0 Å². The van der Waals surface area contributed by atoms with Crippen LogP contribution < -0.4 is 5.01 Å². The van der Waals surface area contributed by atoms with Gasteiger partial charge in [-0.25, -0.2) is 9.99 Å². The van der Waals surface area contributed by atoms with Crippen LogP contribution in [0.4, 0.5) is 5.82 Å². The molecule has 0 spiro atoms. The first-order chi connectivity index (χ1) is 7.22. The Labute approximate surface area is 105 Å². The van der Waals surface area contributed by atoms with E-state index < -0.39 is 0 Å². The number of pyridine rings is 1. The number of rotatable bonds is 2. The lowest BCUT2D eigenvalue weighted by Gasteiger charge is -2.18. The first kappa shape index (κ1) is 10.8. The number of carbonyl (C=O) groups excluding carboxylic acids is 1. The van der Waals surface area contributed by atoms with E-state index in [0.717, 1.165) is 10.0 Å². The summed E-state index contributed by atoms with van der Waals surface area (Å²) in [6.45, 7) is 0. The molecule has 4 nitrogen and oxygen atoms in total. The third kappa shape index (κ3) is 2.12. The molecule has 2 rings (SSSR count). The van der Waals surface area contributed by atoms with Gasteiger partial charge >= 0.3 is 0 Å². The van der Waals surface area contributed by atoms with Crippen molar-refractivity contribution in [3.05, 3.63) is 23.4 Å². The maximum Gasteiger partial charge on any atom is 0.168 e. The summed E-state index contributed by atoms with van der Waals surface area (Å²) in [7, 11) is 0. The molecule has 0 bridgehead atoms. The van der Waals surface area contributed by atoms with Crippen LogP contribution in [0.5, 0.6) is 0 Å². The first-order valence-electron chi connectivity index (χ1n) is 4.30. The monoisotopic (exact) mass is 335 g/mol.